The van der Waals surface area contributed by atoms with Gasteiger partial charge in [0.25, 0.3) is 0 Å². The van der Waals surface area contributed by atoms with Crippen LogP contribution < -0.4 is 10.1 Å². The largest absolute Gasteiger partial charge is 0.490 e. The Labute approximate surface area is 168 Å². The van der Waals surface area contributed by atoms with Gasteiger partial charge < -0.3 is 19.7 Å². The van der Waals surface area contributed by atoms with Crippen LogP contribution in [-0.4, -0.2) is 73.8 Å². The molecule has 1 saturated carbocycles. The Kier molecular flexibility index (Phi) is 6.83. The van der Waals surface area contributed by atoms with E-state index >= 15 is 0 Å². The number of rotatable bonds is 7. The van der Waals surface area contributed by atoms with Crippen LogP contribution in [0.3, 0.4) is 0 Å². The molecule has 1 N–H and O–H groups in total. The first kappa shape index (κ1) is 19.7. The van der Waals surface area contributed by atoms with Crippen molar-refractivity contribution in [1.82, 2.24) is 9.80 Å². The third kappa shape index (κ3) is 5.46. The molecule has 1 aromatic rings. The second-order valence-electron chi connectivity index (χ2n) is 8.21. The number of benzene rings is 1. The Morgan fingerprint density at radius 2 is 1.75 bits per heavy atom. The smallest absolute Gasteiger partial charge is 0.225 e. The van der Waals surface area contributed by atoms with E-state index in [9.17, 15) is 4.79 Å². The molecule has 1 aromatic carbocycles. The molecule has 0 atom stereocenters. The molecule has 0 spiro atoms. The van der Waals surface area contributed by atoms with Crippen LogP contribution in [-0.2, 0) is 9.53 Å². The maximum atomic E-state index is 12.2. The third-order valence-corrected chi connectivity index (χ3v) is 6.27. The molecule has 0 radical (unpaired) electrons. The lowest BCUT2D eigenvalue weighted by molar-refractivity contribution is -0.116. The van der Waals surface area contributed by atoms with Crippen LogP contribution in [0.1, 0.15) is 38.5 Å². The van der Waals surface area contributed by atoms with Crippen LogP contribution in [0.2, 0.25) is 0 Å². The van der Waals surface area contributed by atoms with Crippen LogP contribution in [0.15, 0.2) is 24.3 Å². The highest BCUT2D eigenvalue weighted by molar-refractivity contribution is 5.90. The molecule has 0 bridgehead atoms. The van der Waals surface area contributed by atoms with E-state index in [4.69, 9.17) is 9.47 Å². The standard InChI is InChI=1S/C22H33N3O3/c26-22(10-11-24-14-16-27-17-15-24)23-18-4-6-20(7-5-18)28-21-8-12-25(13-9-21)19-2-1-3-19/h4-7,19,21H,1-3,8-17H2,(H,23,26). The van der Waals surface area contributed by atoms with Crippen LogP contribution >= 0.6 is 0 Å². The van der Waals surface area contributed by atoms with Gasteiger partial charge >= 0.3 is 0 Å². The average molecular weight is 388 g/mol. The first-order valence-electron chi connectivity index (χ1n) is 10.9. The molecule has 28 heavy (non-hydrogen) atoms. The van der Waals surface area contributed by atoms with Crippen molar-refractivity contribution in [2.24, 2.45) is 0 Å². The zero-order chi connectivity index (χ0) is 19.2. The Balaban J connectivity index is 1.17. The van der Waals surface area contributed by atoms with Gasteiger partial charge in [-0.15, -0.1) is 0 Å². The number of amides is 1. The lowest BCUT2D eigenvalue weighted by atomic mass is 9.90. The molecule has 1 aliphatic carbocycles. The summed E-state index contributed by atoms with van der Waals surface area (Å²) in [6, 6.07) is 8.65. The van der Waals surface area contributed by atoms with Gasteiger partial charge in [-0.25, -0.2) is 0 Å². The summed E-state index contributed by atoms with van der Waals surface area (Å²) in [4.78, 5) is 17.1. The van der Waals surface area contributed by atoms with E-state index in [0.29, 0.717) is 12.5 Å². The van der Waals surface area contributed by atoms with Crippen LogP contribution in [0.25, 0.3) is 0 Å². The van der Waals surface area contributed by atoms with Crippen molar-refractivity contribution in [2.75, 3.05) is 51.3 Å². The molecule has 6 nitrogen and oxygen atoms in total. The highest BCUT2D eigenvalue weighted by Gasteiger charge is 2.29. The number of ether oxygens (including phenoxy) is 2. The first-order valence-corrected chi connectivity index (χ1v) is 10.9. The molecule has 0 aromatic heterocycles. The monoisotopic (exact) mass is 387 g/mol. The highest BCUT2D eigenvalue weighted by atomic mass is 16.5. The predicted molar refractivity (Wildman–Crippen MR) is 110 cm³/mol. The summed E-state index contributed by atoms with van der Waals surface area (Å²) in [5.74, 6) is 0.955. The molecule has 1 amide bonds. The molecular weight excluding hydrogens is 354 g/mol. The van der Waals surface area contributed by atoms with Gasteiger partial charge in [-0.3, -0.25) is 9.69 Å². The minimum absolute atomic E-state index is 0.0588. The number of morpholine rings is 1. The fraction of sp³-hybridized carbons (Fsp3) is 0.682. The fourth-order valence-electron chi connectivity index (χ4n) is 4.23. The number of likely N-dealkylation sites (tertiary alicyclic amines) is 1. The number of hydrogen-bond donors (Lipinski definition) is 1. The van der Waals surface area contributed by atoms with E-state index in [1.807, 2.05) is 24.3 Å². The van der Waals surface area contributed by atoms with E-state index in [2.05, 4.69) is 15.1 Å². The van der Waals surface area contributed by atoms with Crippen LogP contribution in [0, 0.1) is 0 Å². The third-order valence-electron chi connectivity index (χ3n) is 6.27. The van der Waals surface area contributed by atoms with Crippen molar-refractivity contribution in [2.45, 2.75) is 50.7 Å². The van der Waals surface area contributed by atoms with E-state index in [-0.39, 0.29) is 5.91 Å². The van der Waals surface area contributed by atoms with Crippen LogP contribution in [0.5, 0.6) is 5.75 Å². The predicted octanol–water partition coefficient (Wildman–Crippen LogP) is 2.74. The molecule has 3 aliphatic rings. The zero-order valence-electron chi connectivity index (χ0n) is 16.8. The molecule has 154 valence electrons. The molecule has 4 rings (SSSR count). The quantitative estimate of drug-likeness (QED) is 0.780. The van der Waals surface area contributed by atoms with E-state index in [1.165, 1.54) is 19.3 Å². The lowest BCUT2D eigenvalue weighted by Crippen LogP contribution is -2.46. The number of anilines is 1. The first-order chi connectivity index (χ1) is 13.8. The van der Waals surface area contributed by atoms with Crippen molar-refractivity contribution in [3.05, 3.63) is 24.3 Å². The van der Waals surface area contributed by atoms with E-state index in [0.717, 1.165) is 76.3 Å². The summed E-state index contributed by atoms with van der Waals surface area (Å²) in [6.07, 6.45) is 7.20. The average Bonchev–Trinajstić information content (AvgIpc) is 2.69. The maximum Gasteiger partial charge on any atom is 0.225 e. The Morgan fingerprint density at radius 3 is 2.39 bits per heavy atom. The number of hydrogen-bond acceptors (Lipinski definition) is 5. The molecule has 2 aliphatic heterocycles. The summed E-state index contributed by atoms with van der Waals surface area (Å²) in [6.45, 7) is 6.47. The second-order valence-corrected chi connectivity index (χ2v) is 8.21. The minimum atomic E-state index is 0.0588. The van der Waals surface area contributed by atoms with Gasteiger partial charge in [0.05, 0.1) is 13.2 Å². The SMILES string of the molecule is O=C(CCN1CCOCC1)Nc1ccc(OC2CCN(C3CCC3)CC2)cc1. The molecule has 2 heterocycles. The van der Waals surface area contributed by atoms with Gasteiger partial charge in [-0.05, 0) is 49.9 Å². The van der Waals surface area contributed by atoms with Crippen LogP contribution in [0.4, 0.5) is 5.69 Å². The van der Waals surface area contributed by atoms with Crippen molar-refractivity contribution in [3.8, 4) is 5.75 Å². The van der Waals surface area contributed by atoms with E-state index in [1.54, 1.807) is 0 Å². The summed E-state index contributed by atoms with van der Waals surface area (Å²) < 4.78 is 11.5. The number of piperidine rings is 1. The lowest BCUT2D eigenvalue weighted by Gasteiger charge is -2.41. The number of nitrogens with zero attached hydrogens (tertiary/aromatic N) is 2. The molecule has 3 fully saturated rings. The minimum Gasteiger partial charge on any atom is -0.490 e. The Hall–Kier alpha value is -1.63. The Morgan fingerprint density at radius 1 is 1.04 bits per heavy atom. The van der Waals surface area contributed by atoms with Crippen molar-refractivity contribution in [3.63, 3.8) is 0 Å². The van der Waals surface area contributed by atoms with Crippen molar-refractivity contribution < 1.29 is 14.3 Å². The van der Waals surface area contributed by atoms with Gasteiger partial charge in [0.15, 0.2) is 0 Å². The van der Waals surface area contributed by atoms with Crippen molar-refractivity contribution >= 4 is 11.6 Å². The summed E-state index contributed by atoms with van der Waals surface area (Å²) in [5.41, 5.74) is 0.833. The Bertz CT molecular complexity index is 618. The highest BCUT2D eigenvalue weighted by Crippen LogP contribution is 2.28. The van der Waals surface area contributed by atoms with Gasteiger partial charge in [0.2, 0.25) is 5.91 Å². The second kappa shape index (κ2) is 9.72. The van der Waals surface area contributed by atoms with Gasteiger partial charge in [-0.2, -0.15) is 0 Å². The summed E-state index contributed by atoms with van der Waals surface area (Å²) in [7, 11) is 0. The fourth-order valence-corrected chi connectivity index (χ4v) is 4.23. The van der Waals surface area contributed by atoms with E-state index < -0.39 is 0 Å². The molecular formula is C22H33N3O3. The number of carbonyl (C=O) groups excluding carboxylic acids is 1. The van der Waals surface area contributed by atoms with Gasteiger partial charge in [0, 0.05) is 50.9 Å². The summed E-state index contributed by atoms with van der Waals surface area (Å²) >= 11 is 0. The summed E-state index contributed by atoms with van der Waals surface area (Å²) in [5, 5.41) is 2.98. The van der Waals surface area contributed by atoms with Gasteiger partial charge in [0.1, 0.15) is 11.9 Å². The normalized spacial score (nSPS) is 22.6. The number of nitrogens with one attached hydrogen (secondary N) is 1. The van der Waals surface area contributed by atoms with Crippen molar-refractivity contribution in [1.29, 1.82) is 0 Å². The topological polar surface area (TPSA) is 54.0 Å². The zero-order valence-corrected chi connectivity index (χ0v) is 16.8. The maximum absolute atomic E-state index is 12.2. The molecule has 6 heteroatoms. The molecule has 0 unspecified atom stereocenters. The number of carbonyl (C=O) groups is 1. The van der Waals surface area contributed by atoms with Gasteiger partial charge in [-0.1, -0.05) is 6.42 Å². The molecule has 2 saturated heterocycles.